The first-order valence-electron chi connectivity index (χ1n) is 6.21. The zero-order valence-electron chi connectivity index (χ0n) is 11.1. The van der Waals surface area contributed by atoms with Gasteiger partial charge in [0, 0.05) is 21.6 Å². The molecule has 0 bridgehead atoms. The summed E-state index contributed by atoms with van der Waals surface area (Å²) in [6.45, 7) is 1.96. The molecule has 0 aliphatic rings. The minimum atomic E-state index is -4.26. The second-order valence-electron chi connectivity index (χ2n) is 4.49. The summed E-state index contributed by atoms with van der Waals surface area (Å²) in [5.41, 5.74) is -2.49. The van der Waals surface area contributed by atoms with Crippen LogP contribution in [-0.2, 0) is 0 Å². The van der Waals surface area contributed by atoms with Crippen molar-refractivity contribution in [3.8, 4) is 0 Å². The molecule has 0 spiro atoms. The van der Waals surface area contributed by atoms with Crippen molar-refractivity contribution in [2.75, 3.05) is 5.32 Å². The van der Waals surface area contributed by atoms with E-state index in [0.717, 1.165) is 11.3 Å². The smallest absolute Gasteiger partial charge is 0.379 e. The summed E-state index contributed by atoms with van der Waals surface area (Å²) in [5.74, 6) is 0. The quantitative estimate of drug-likeness (QED) is 0.677. The Kier molecular flexibility index (Phi) is 5.06. The topological polar surface area (TPSA) is 12.0 Å². The Morgan fingerprint density at radius 1 is 1.10 bits per heavy atom. The van der Waals surface area contributed by atoms with Crippen LogP contribution in [0.5, 0.6) is 0 Å². The van der Waals surface area contributed by atoms with E-state index in [9.17, 15) is 13.2 Å². The van der Waals surface area contributed by atoms with E-state index in [0.29, 0.717) is 5.02 Å². The van der Waals surface area contributed by atoms with Gasteiger partial charge in [0.05, 0.1) is 0 Å². The summed E-state index contributed by atoms with van der Waals surface area (Å²) in [4.78, 5) is 0.170. The minimum absolute atomic E-state index is 0.00446. The summed E-state index contributed by atoms with van der Waals surface area (Å²) in [7, 11) is 0. The van der Waals surface area contributed by atoms with Gasteiger partial charge in [0.15, 0.2) is 0 Å². The highest BCUT2D eigenvalue weighted by Gasteiger charge is 2.28. The standard InChI is InChI=1S/C15H13ClF3NS/c1-10(11-3-2-4-12(16)9-11)20-13-5-7-14(8-6-13)21-15(17,18)19/h2-10,20H,1H3. The fourth-order valence-corrected chi connectivity index (χ4v) is 2.60. The van der Waals surface area contributed by atoms with Crippen LogP contribution in [0, 0.1) is 0 Å². The van der Waals surface area contributed by atoms with Crippen molar-refractivity contribution in [1.82, 2.24) is 0 Å². The highest BCUT2D eigenvalue weighted by atomic mass is 35.5. The number of halogens is 4. The lowest BCUT2D eigenvalue weighted by atomic mass is 10.1. The monoisotopic (exact) mass is 331 g/mol. The van der Waals surface area contributed by atoms with Crippen LogP contribution >= 0.6 is 23.4 Å². The Labute approximate surface area is 130 Å². The molecular formula is C15H13ClF3NS. The Bertz CT molecular complexity index is 599. The van der Waals surface area contributed by atoms with E-state index in [1.165, 1.54) is 12.1 Å². The van der Waals surface area contributed by atoms with Crippen molar-refractivity contribution in [3.63, 3.8) is 0 Å². The van der Waals surface area contributed by atoms with Gasteiger partial charge in [-0.25, -0.2) is 0 Å². The van der Waals surface area contributed by atoms with Gasteiger partial charge in [-0.2, -0.15) is 13.2 Å². The third-order valence-corrected chi connectivity index (χ3v) is 3.79. The number of rotatable bonds is 4. The van der Waals surface area contributed by atoms with E-state index in [-0.39, 0.29) is 22.7 Å². The molecule has 0 amide bonds. The summed E-state index contributed by atoms with van der Waals surface area (Å²) in [6, 6.07) is 13.6. The highest BCUT2D eigenvalue weighted by molar-refractivity contribution is 8.00. The average Bonchev–Trinajstić information content (AvgIpc) is 2.39. The molecule has 1 unspecified atom stereocenters. The molecule has 0 saturated heterocycles. The van der Waals surface area contributed by atoms with Gasteiger partial charge in [-0.1, -0.05) is 23.7 Å². The second kappa shape index (κ2) is 6.62. The predicted molar refractivity (Wildman–Crippen MR) is 81.8 cm³/mol. The highest BCUT2D eigenvalue weighted by Crippen LogP contribution is 2.37. The lowest BCUT2D eigenvalue weighted by Crippen LogP contribution is -2.06. The van der Waals surface area contributed by atoms with Gasteiger partial charge in [0.1, 0.15) is 0 Å². The SMILES string of the molecule is CC(Nc1ccc(SC(F)(F)F)cc1)c1cccc(Cl)c1. The molecule has 112 valence electrons. The first kappa shape index (κ1) is 16.0. The molecule has 2 aromatic carbocycles. The predicted octanol–water partition coefficient (Wildman–Crippen LogP) is 6.13. The number of thioether (sulfide) groups is 1. The van der Waals surface area contributed by atoms with E-state index in [2.05, 4.69) is 5.32 Å². The van der Waals surface area contributed by atoms with Crippen LogP contribution in [0.15, 0.2) is 53.4 Å². The summed E-state index contributed by atoms with van der Waals surface area (Å²) in [6.07, 6.45) is 0. The van der Waals surface area contributed by atoms with Gasteiger partial charge in [-0.05, 0) is 60.6 Å². The first-order valence-corrected chi connectivity index (χ1v) is 7.41. The van der Waals surface area contributed by atoms with Crippen molar-refractivity contribution in [2.45, 2.75) is 23.4 Å². The number of anilines is 1. The Balaban J connectivity index is 2.03. The molecule has 0 saturated carbocycles. The molecule has 1 atom stereocenters. The molecule has 6 heteroatoms. The molecule has 0 radical (unpaired) electrons. The van der Waals surface area contributed by atoms with Gasteiger partial charge < -0.3 is 5.32 Å². The van der Waals surface area contributed by atoms with Crippen LogP contribution in [0.2, 0.25) is 5.02 Å². The van der Waals surface area contributed by atoms with Crippen LogP contribution in [0.1, 0.15) is 18.5 Å². The van der Waals surface area contributed by atoms with E-state index in [4.69, 9.17) is 11.6 Å². The van der Waals surface area contributed by atoms with Crippen molar-refractivity contribution < 1.29 is 13.2 Å². The second-order valence-corrected chi connectivity index (χ2v) is 6.07. The van der Waals surface area contributed by atoms with Crippen molar-refractivity contribution in [1.29, 1.82) is 0 Å². The third-order valence-electron chi connectivity index (χ3n) is 2.82. The fourth-order valence-electron chi connectivity index (χ4n) is 1.86. The summed E-state index contributed by atoms with van der Waals surface area (Å²) < 4.78 is 36.7. The first-order chi connectivity index (χ1) is 9.83. The number of alkyl halides is 3. The minimum Gasteiger partial charge on any atom is -0.379 e. The molecular weight excluding hydrogens is 319 g/mol. The largest absolute Gasteiger partial charge is 0.446 e. The third kappa shape index (κ3) is 5.17. The average molecular weight is 332 g/mol. The Hall–Kier alpha value is -1.33. The number of hydrogen-bond acceptors (Lipinski definition) is 2. The molecule has 1 N–H and O–H groups in total. The Morgan fingerprint density at radius 2 is 1.76 bits per heavy atom. The van der Waals surface area contributed by atoms with Crippen LogP contribution in [0.4, 0.5) is 18.9 Å². The lowest BCUT2D eigenvalue weighted by Gasteiger charge is -2.16. The normalized spacial score (nSPS) is 13.0. The van der Waals surface area contributed by atoms with E-state index < -0.39 is 5.51 Å². The molecule has 2 rings (SSSR count). The van der Waals surface area contributed by atoms with Gasteiger partial charge in [0.25, 0.3) is 0 Å². The maximum atomic E-state index is 12.2. The van der Waals surface area contributed by atoms with E-state index >= 15 is 0 Å². The van der Waals surface area contributed by atoms with Gasteiger partial charge >= 0.3 is 5.51 Å². The van der Waals surface area contributed by atoms with Crippen molar-refractivity contribution in [2.24, 2.45) is 0 Å². The van der Waals surface area contributed by atoms with Crippen LogP contribution in [0.3, 0.4) is 0 Å². The number of nitrogens with one attached hydrogen (secondary N) is 1. The van der Waals surface area contributed by atoms with Gasteiger partial charge in [0.2, 0.25) is 0 Å². The van der Waals surface area contributed by atoms with Crippen LogP contribution < -0.4 is 5.32 Å². The molecule has 0 fully saturated rings. The van der Waals surface area contributed by atoms with Gasteiger partial charge in [-0.15, -0.1) is 0 Å². The fraction of sp³-hybridized carbons (Fsp3) is 0.200. The molecule has 2 aromatic rings. The zero-order chi connectivity index (χ0) is 15.5. The van der Waals surface area contributed by atoms with Crippen molar-refractivity contribution >= 4 is 29.1 Å². The van der Waals surface area contributed by atoms with Crippen LogP contribution in [-0.4, -0.2) is 5.51 Å². The molecule has 1 nitrogen and oxygen atoms in total. The molecule has 0 heterocycles. The summed E-state index contributed by atoms with van der Waals surface area (Å²) >= 11 is 5.82. The van der Waals surface area contributed by atoms with E-state index in [1.807, 2.05) is 25.1 Å². The molecule has 0 aliphatic carbocycles. The van der Waals surface area contributed by atoms with E-state index in [1.54, 1.807) is 18.2 Å². The Morgan fingerprint density at radius 3 is 2.33 bits per heavy atom. The van der Waals surface area contributed by atoms with Gasteiger partial charge in [-0.3, -0.25) is 0 Å². The number of benzene rings is 2. The van der Waals surface area contributed by atoms with Crippen molar-refractivity contribution in [3.05, 3.63) is 59.1 Å². The zero-order valence-corrected chi connectivity index (χ0v) is 12.7. The van der Waals surface area contributed by atoms with Crippen LogP contribution in [0.25, 0.3) is 0 Å². The maximum Gasteiger partial charge on any atom is 0.446 e. The molecule has 21 heavy (non-hydrogen) atoms. The molecule has 0 aromatic heterocycles. The summed E-state index contributed by atoms with van der Waals surface area (Å²) in [5, 5.41) is 3.88. The number of hydrogen-bond donors (Lipinski definition) is 1. The maximum absolute atomic E-state index is 12.2. The lowest BCUT2D eigenvalue weighted by molar-refractivity contribution is -0.0328. The molecule has 0 aliphatic heterocycles.